The molecule has 2 fully saturated rings. The van der Waals surface area contributed by atoms with Crippen LogP contribution in [0.2, 0.25) is 0 Å². The second-order valence-corrected chi connectivity index (χ2v) is 8.94. The zero-order chi connectivity index (χ0) is 19.9. The van der Waals surface area contributed by atoms with Crippen LogP contribution in [0, 0.1) is 0 Å². The number of ketones is 1. The van der Waals surface area contributed by atoms with E-state index in [9.17, 15) is 4.79 Å². The lowest BCUT2D eigenvalue weighted by Gasteiger charge is -2.29. The zero-order valence-electron chi connectivity index (χ0n) is 16.6. The Balaban J connectivity index is 1.85. The summed E-state index contributed by atoms with van der Waals surface area (Å²) in [5.74, 6) is 0.117. The van der Waals surface area contributed by atoms with Gasteiger partial charge in [0.05, 0.1) is 13.2 Å². The van der Waals surface area contributed by atoms with Gasteiger partial charge in [-0.3, -0.25) is 15.0 Å². The quantitative estimate of drug-likeness (QED) is 0.340. The molecule has 0 spiro atoms. The molecule has 0 aromatic rings. The van der Waals surface area contributed by atoms with Gasteiger partial charge in [-0.1, -0.05) is 55.2 Å². The molecule has 1 N–H and O–H groups in total. The summed E-state index contributed by atoms with van der Waals surface area (Å²) in [4.78, 5) is 14.7. The van der Waals surface area contributed by atoms with Crippen LogP contribution in [0.15, 0.2) is 23.3 Å². The Hall–Kier alpha value is -0.0500. The minimum absolute atomic E-state index is 0.117. The predicted molar refractivity (Wildman–Crippen MR) is 117 cm³/mol. The molecule has 7 heteroatoms. The maximum Gasteiger partial charge on any atom is 0.205 e. The van der Waals surface area contributed by atoms with Crippen molar-refractivity contribution >= 4 is 37.6 Å². The molecule has 2 aliphatic rings. The van der Waals surface area contributed by atoms with E-state index in [0.717, 1.165) is 43.0 Å². The van der Waals surface area contributed by atoms with Crippen LogP contribution in [-0.2, 0) is 14.3 Å². The number of alkyl halides is 2. The van der Waals surface area contributed by atoms with E-state index >= 15 is 0 Å². The lowest BCUT2D eigenvalue weighted by Crippen LogP contribution is -2.47. The van der Waals surface area contributed by atoms with Crippen molar-refractivity contribution < 1.29 is 14.3 Å². The SMILES string of the molecule is CC(C)=CCCC(C)=CCOC1CCOC2(N(CCBr)CCBr)C(=O)C2N1. The van der Waals surface area contributed by atoms with Crippen LogP contribution >= 0.6 is 31.9 Å². The number of Topliss-reactive ketones (excluding diaryl/α,β-unsaturated/α-hetero) is 1. The number of carbonyl (C=O) groups is 1. The van der Waals surface area contributed by atoms with E-state index in [4.69, 9.17) is 9.47 Å². The summed E-state index contributed by atoms with van der Waals surface area (Å²) < 4.78 is 12.0. The van der Waals surface area contributed by atoms with E-state index in [0.29, 0.717) is 13.2 Å². The zero-order valence-corrected chi connectivity index (χ0v) is 19.8. The summed E-state index contributed by atoms with van der Waals surface area (Å²) in [7, 11) is 0. The number of hydrogen-bond acceptors (Lipinski definition) is 5. The molecule has 3 atom stereocenters. The van der Waals surface area contributed by atoms with Crippen LogP contribution in [0.4, 0.5) is 0 Å². The van der Waals surface area contributed by atoms with Crippen molar-refractivity contribution in [2.75, 3.05) is 37.0 Å². The van der Waals surface area contributed by atoms with Crippen molar-refractivity contribution in [2.45, 2.75) is 58.0 Å². The van der Waals surface area contributed by atoms with E-state index in [1.165, 1.54) is 11.1 Å². The molecule has 154 valence electrons. The summed E-state index contributed by atoms with van der Waals surface area (Å²) >= 11 is 6.95. The molecule has 1 saturated carbocycles. The van der Waals surface area contributed by atoms with Crippen LogP contribution < -0.4 is 5.32 Å². The first kappa shape index (κ1) is 23.2. The normalized spacial score (nSPS) is 28.1. The van der Waals surface area contributed by atoms with Gasteiger partial charge < -0.3 is 9.47 Å². The molecule has 5 nitrogen and oxygen atoms in total. The Morgan fingerprint density at radius 2 is 2.00 bits per heavy atom. The van der Waals surface area contributed by atoms with Crippen LogP contribution in [-0.4, -0.2) is 65.6 Å². The van der Waals surface area contributed by atoms with Crippen molar-refractivity contribution in [2.24, 2.45) is 0 Å². The van der Waals surface area contributed by atoms with Gasteiger partial charge in [0.25, 0.3) is 0 Å². The summed E-state index contributed by atoms with van der Waals surface area (Å²) in [6.45, 7) is 9.00. The first-order valence-corrected chi connectivity index (χ1v) is 11.9. The fraction of sp³-hybridized carbons (Fsp3) is 0.750. The summed E-state index contributed by atoms with van der Waals surface area (Å²) in [5, 5.41) is 4.98. The molecule has 0 aromatic heterocycles. The third-order valence-electron chi connectivity index (χ3n) is 4.98. The van der Waals surface area contributed by atoms with E-state index in [1.807, 2.05) is 0 Å². The van der Waals surface area contributed by atoms with E-state index in [-0.39, 0.29) is 18.1 Å². The molecule has 0 aromatic carbocycles. The maximum atomic E-state index is 12.6. The monoisotopic (exact) mass is 506 g/mol. The largest absolute Gasteiger partial charge is 0.359 e. The lowest BCUT2D eigenvalue weighted by atomic mass is 10.1. The van der Waals surface area contributed by atoms with E-state index < -0.39 is 5.72 Å². The van der Waals surface area contributed by atoms with Crippen molar-refractivity contribution in [3.8, 4) is 0 Å². The Labute approximate surface area is 180 Å². The highest BCUT2D eigenvalue weighted by Gasteiger charge is 2.71. The molecule has 2 rings (SSSR count). The van der Waals surface area contributed by atoms with E-state index in [1.54, 1.807) is 0 Å². The minimum atomic E-state index is -0.810. The second-order valence-electron chi connectivity index (χ2n) is 7.36. The third-order valence-corrected chi connectivity index (χ3v) is 5.69. The Kier molecular flexibility index (Phi) is 9.65. The Morgan fingerprint density at radius 3 is 2.63 bits per heavy atom. The number of hydrogen-bond donors (Lipinski definition) is 1. The molecule has 0 amide bonds. The van der Waals surface area contributed by atoms with Crippen molar-refractivity contribution in [3.63, 3.8) is 0 Å². The Morgan fingerprint density at radius 1 is 1.30 bits per heavy atom. The highest BCUT2D eigenvalue weighted by atomic mass is 79.9. The van der Waals surface area contributed by atoms with Crippen molar-refractivity contribution in [3.05, 3.63) is 23.3 Å². The van der Waals surface area contributed by atoms with Crippen LogP contribution in [0.5, 0.6) is 0 Å². The second kappa shape index (κ2) is 11.2. The smallest absolute Gasteiger partial charge is 0.205 e. The molecular weight excluding hydrogens is 476 g/mol. The summed E-state index contributed by atoms with van der Waals surface area (Å²) in [6, 6.07) is -0.300. The van der Waals surface area contributed by atoms with E-state index in [2.05, 4.69) is 75.0 Å². The van der Waals surface area contributed by atoms with Gasteiger partial charge in [-0.15, -0.1) is 0 Å². The van der Waals surface area contributed by atoms with Gasteiger partial charge in [-0.2, -0.15) is 0 Å². The number of rotatable bonds is 11. The first-order chi connectivity index (χ1) is 13.0. The minimum Gasteiger partial charge on any atom is -0.359 e. The summed E-state index contributed by atoms with van der Waals surface area (Å²) in [5.41, 5.74) is 1.87. The predicted octanol–water partition coefficient (Wildman–Crippen LogP) is 3.77. The average molecular weight is 508 g/mol. The molecule has 0 radical (unpaired) electrons. The number of nitrogens with one attached hydrogen (secondary N) is 1. The molecule has 1 aliphatic carbocycles. The molecule has 1 aliphatic heterocycles. The molecule has 1 saturated heterocycles. The van der Waals surface area contributed by atoms with Gasteiger partial charge in [-0.25, -0.2) is 0 Å². The number of fused-ring (bicyclic) bond motifs is 1. The molecular formula is C20H32Br2N2O3. The van der Waals surface area contributed by atoms with Crippen LogP contribution in [0.1, 0.15) is 40.0 Å². The van der Waals surface area contributed by atoms with Crippen molar-refractivity contribution in [1.82, 2.24) is 10.2 Å². The Bertz CT molecular complexity index is 557. The number of nitrogens with zero attached hydrogens (tertiary/aromatic N) is 1. The fourth-order valence-corrected chi connectivity index (χ4v) is 4.27. The average Bonchev–Trinajstić information content (AvgIpc) is 3.23. The van der Waals surface area contributed by atoms with Gasteiger partial charge in [-0.05, 0) is 33.6 Å². The number of ether oxygens (including phenoxy) is 2. The first-order valence-electron chi connectivity index (χ1n) is 9.67. The standard InChI is InChI=1S/C20H32Br2N2O3/c1-15(2)5-4-6-16(3)7-13-26-17-8-14-27-20(18(23-17)19(20)25)24(11-9-21)12-10-22/h5,7,17-18,23H,4,6,8-14H2,1-3H3. The highest BCUT2D eigenvalue weighted by Crippen LogP contribution is 2.41. The third kappa shape index (κ3) is 6.21. The van der Waals surface area contributed by atoms with Gasteiger partial charge in [0.2, 0.25) is 11.5 Å². The number of allylic oxidation sites excluding steroid dienone is 3. The van der Waals surface area contributed by atoms with Crippen LogP contribution in [0.25, 0.3) is 0 Å². The van der Waals surface area contributed by atoms with Gasteiger partial charge in [0.15, 0.2) is 0 Å². The van der Waals surface area contributed by atoms with Gasteiger partial charge >= 0.3 is 0 Å². The molecule has 0 bridgehead atoms. The van der Waals surface area contributed by atoms with Crippen LogP contribution in [0.3, 0.4) is 0 Å². The summed E-state index contributed by atoms with van der Waals surface area (Å²) in [6.07, 6.45) is 7.10. The van der Waals surface area contributed by atoms with Crippen molar-refractivity contribution in [1.29, 1.82) is 0 Å². The molecule has 3 unspecified atom stereocenters. The molecule has 27 heavy (non-hydrogen) atoms. The number of halogens is 2. The van der Waals surface area contributed by atoms with Gasteiger partial charge in [0.1, 0.15) is 12.3 Å². The maximum absolute atomic E-state index is 12.6. The molecule has 1 heterocycles. The fourth-order valence-electron chi connectivity index (χ4n) is 3.41. The number of carbonyl (C=O) groups excluding carboxylic acids is 1. The van der Waals surface area contributed by atoms with Gasteiger partial charge in [0, 0.05) is 30.2 Å². The lowest BCUT2D eigenvalue weighted by molar-refractivity contribution is -0.132. The topological polar surface area (TPSA) is 50.8 Å². The highest BCUT2D eigenvalue weighted by molar-refractivity contribution is 9.09.